The average Bonchev–Trinajstić information content (AvgIpc) is 3.44. The summed E-state index contributed by atoms with van der Waals surface area (Å²) in [6, 6.07) is 35.7. The van der Waals surface area contributed by atoms with Gasteiger partial charge >= 0.3 is 0 Å². The van der Waals surface area contributed by atoms with Crippen LogP contribution in [0.4, 0.5) is 11.4 Å². The van der Waals surface area contributed by atoms with Gasteiger partial charge in [-0.2, -0.15) is 0 Å². The Balaban J connectivity index is 1.57. The molecule has 1 aliphatic rings. The van der Waals surface area contributed by atoms with Crippen LogP contribution in [0.3, 0.4) is 0 Å². The number of anilines is 2. The highest BCUT2D eigenvalue weighted by Gasteiger charge is 2.43. The zero-order valence-electron chi connectivity index (χ0n) is 33.0. The molecule has 1 nitrogen and oxygen atoms in total. The lowest BCUT2D eigenvalue weighted by molar-refractivity contribution is 0.400. The van der Waals surface area contributed by atoms with Crippen LogP contribution < -0.4 is 4.90 Å². The van der Waals surface area contributed by atoms with Crippen molar-refractivity contribution in [2.24, 2.45) is 0 Å². The lowest BCUT2D eigenvalue weighted by Crippen LogP contribution is -2.42. The van der Waals surface area contributed by atoms with E-state index in [9.17, 15) is 0 Å². The topological polar surface area (TPSA) is 3.24 Å². The van der Waals surface area contributed by atoms with Crippen molar-refractivity contribution < 1.29 is 0 Å². The summed E-state index contributed by atoms with van der Waals surface area (Å²) in [5.41, 5.74) is 13.1. The first-order valence-corrected chi connectivity index (χ1v) is 20.5. The molecule has 0 heterocycles. The highest BCUT2D eigenvalue weighted by atomic mass is 15.2. The van der Waals surface area contributed by atoms with Crippen LogP contribution in [0.2, 0.25) is 0 Å². The van der Waals surface area contributed by atoms with Crippen molar-refractivity contribution in [3.05, 3.63) is 108 Å². The Morgan fingerprint density at radius 3 is 1.56 bits per heavy atom. The van der Waals surface area contributed by atoms with E-state index >= 15 is 0 Å². The summed E-state index contributed by atoms with van der Waals surface area (Å²) in [6.07, 6.45) is 17.4. The minimum atomic E-state index is -0.00146. The van der Waals surface area contributed by atoms with E-state index in [-0.39, 0.29) is 16.4 Å². The molecule has 0 unspecified atom stereocenters. The van der Waals surface area contributed by atoms with Crippen molar-refractivity contribution in [2.45, 2.75) is 162 Å². The van der Waals surface area contributed by atoms with Crippen LogP contribution >= 0.6 is 0 Å². The maximum absolute atomic E-state index is 2.68. The van der Waals surface area contributed by atoms with Crippen LogP contribution in [0.5, 0.6) is 0 Å². The van der Waals surface area contributed by atoms with Gasteiger partial charge in [-0.25, -0.2) is 0 Å². The molecule has 0 bridgehead atoms. The van der Waals surface area contributed by atoms with Gasteiger partial charge in [-0.15, -0.1) is 0 Å². The fourth-order valence-electron chi connectivity index (χ4n) is 8.82. The van der Waals surface area contributed by atoms with Gasteiger partial charge in [0.2, 0.25) is 0 Å². The minimum absolute atomic E-state index is 0.00146. The van der Waals surface area contributed by atoms with E-state index in [4.69, 9.17) is 0 Å². The quantitative estimate of drug-likeness (QED) is 0.0898. The van der Waals surface area contributed by atoms with Gasteiger partial charge in [-0.1, -0.05) is 167 Å². The number of hydrogen-bond donors (Lipinski definition) is 0. The molecule has 0 saturated heterocycles. The number of benzene rings is 4. The van der Waals surface area contributed by atoms with Crippen molar-refractivity contribution in [1.29, 1.82) is 0 Å². The van der Waals surface area contributed by atoms with Crippen molar-refractivity contribution in [1.82, 2.24) is 0 Å². The largest absolute Gasteiger partial charge is 0.336 e. The average molecular weight is 670 g/mol. The van der Waals surface area contributed by atoms with E-state index in [0.717, 1.165) is 25.7 Å². The van der Waals surface area contributed by atoms with Crippen molar-refractivity contribution in [2.75, 3.05) is 4.90 Å². The van der Waals surface area contributed by atoms with Gasteiger partial charge in [0.1, 0.15) is 0 Å². The Hall–Kier alpha value is -3.32. The zero-order chi connectivity index (χ0) is 35.8. The van der Waals surface area contributed by atoms with E-state index < -0.39 is 0 Å². The molecule has 0 aromatic heterocycles. The van der Waals surface area contributed by atoms with Gasteiger partial charge in [0.15, 0.2) is 0 Å². The van der Waals surface area contributed by atoms with E-state index in [0.29, 0.717) is 0 Å². The molecule has 0 fully saturated rings. The molecule has 1 aliphatic carbocycles. The molecule has 0 atom stereocenters. The van der Waals surface area contributed by atoms with E-state index in [1.54, 1.807) is 11.1 Å². The molecular formula is C49H67N. The number of unbranched alkanes of at least 4 members (excludes halogenated alkanes) is 6. The standard InChI is InChI=1S/C49H67N/c1-9-15-17-21-35-49(36-22-18-16-10-2)45-24-20-19-23-43(45)44-34-33-42(37-46(44)49)50(48(8,13-5)14-6)41-31-27-39(28-32-41)38-25-29-40(30-26-38)47(7,11-3)12-4/h19-20,23-34,37H,9-18,21-22,35-36H2,1-8H3. The van der Waals surface area contributed by atoms with Gasteiger partial charge in [0.05, 0.1) is 0 Å². The van der Waals surface area contributed by atoms with Gasteiger partial charge in [-0.05, 0) is 114 Å². The monoisotopic (exact) mass is 670 g/mol. The fraction of sp³-hybridized carbons (Fsp3) is 0.510. The van der Waals surface area contributed by atoms with Crippen LogP contribution in [0.25, 0.3) is 22.3 Å². The summed E-state index contributed by atoms with van der Waals surface area (Å²) in [4.78, 5) is 2.68. The molecule has 1 heteroatoms. The number of nitrogens with zero attached hydrogens (tertiary/aromatic N) is 1. The Bertz CT molecular complexity index is 1620. The molecule has 4 aromatic rings. The SMILES string of the molecule is CCCCCCC1(CCCCCC)c2ccccc2-c2ccc(N(c3ccc(-c4ccc(C(C)(CC)CC)cc4)cc3)C(C)(CC)CC)cc21. The highest BCUT2D eigenvalue weighted by Crippen LogP contribution is 2.55. The third-order valence-electron chi connectivity index (χ3n) is 13.1. The van der Waals surface area contributed by atoms with Gasteiger partial charge in [0, 0.05) is 22.3 Å². The van der Waals surface area contributed by atoms with E-state index in [1.165, 1.54) is 103 Å². The maximum Gasteiger partial charge on any atom is 0.0419 e. The lowest BCUT2D eigenvalue weighted by atomic mass is 9.70. The molecule has 4 aromatic carbocycles. The third kappa shape index (κ3) is 7.49. The van der Waals surface area contributed by atoms with Gasteiger partial charge < -0.3 is 4.90 Å². The second-order valence-electron chi connectivity index (χ2n) is 15.9. The van der Waals surface area contributed by atoms with Crippen molar-refractivity contribution in [3.63, 3.8) is 0 Å². The lowest BCUT2D eigenvalue weighted by Gasteiger charge is -2.43. The summed E-state index contributed by atoms with van der Waals surface area (Å²) in [6.45, 7) is 18.9. The van der Waals surface area contributed by atoms with Gasteiger partial charge in [0.25, 0.3) is 0 Å². The van der Waals surface area contributed by atoms with E-state index in [2.05, 4.69) is 151 Å². The van der Waals surface area contributed by atoms with Crippen LogP contribution in [-0.4, -0.2) is 5.54 Å². The summed E-state index contributed by atoms with van der Waals surface area (Å²) < 4.78 is 0. The van der Waals surface area contributed by atoms with Crippen LogP contribution in [-0.2, 0) is 10.8 Å². The smallest absolute Gasteiger partial charge is 0.0419 e. The summed E-state index contributed by atoms with van der Waals surface area (Å²) in [7, 11) is 0. The highest BCUT2D eigenvalue weighted by molar-refractivity contribution is 5.84. The second-order valence-corrected chi connectivity index (χ2v) is 15.9. The van der Waals surface area contributed by atoms with Crippen molar-refractivity contribution in [3.8, 4) is 22.3 Å². The Morgan fingerprint density at radius 2 is 1.02 bits per heavy atom. The normalized spacial score (nSPS) is 13.7. The second kappa shape index (κ2) is 16.8. The fourth-order valence-corrected chi connectivity index (χ4v) is 8.82. The minimum Gasteiger partial charge on any atom is -0.336 e. The van der Waals surface area contributed by atoms with Crippen molar-refractivity contribution >= 4 is 11.4 Å². The molecule has 0 radical (unpaired) electrons. The van der Waals surface area contributed by atoms with E-state index in [1.807, 2.05) is 0 Å². The number of rotatable bonds is 19. The summed E-state index contributed by atoms with van der Waals surface area (Å²) in [5, 5.41) is 0. The Labute approximate surface area is 306 Å². The molecule has 0 amide bonds. The first-order valence-electron chi connectivity index (χ1n) is 20.5. The Morgan fingerprint density at radius 1 is 0.500 bits per heavy atom. The predicted octanol–water partition coefficient (Wildman–Crippen LogP) is 15.4. The van der Waals surface area contributed by atoms with Gasteiger partial charge in [-0.3, -0.25) is 0 Å². The molecular weight excluding hydrogens is 603 g/mol. The first-order chi connectivity index (χ1) is 24.2. The third-order valence-corrected chi connectivity index (χ3v) is 13.1. The molecule has 0 aliphatic heterocycles. The van der Waals surface area contributed by atoms with Crippen LogP contribution in [0, 0.1) is 0 Å². The Kier molecular flexibility index (Phi) is 12.7. The zero-order valence-corrected chi connectivity index (χ0v) is 33.0. The molecule has 5 rings (SSSR count). The molecule has 0 N–H and O–H groups in total. The predicted molar refractivity (Wildman–Crippen MR) is 221 cm³/mol. The van der Waals surface area contributed by atoms with Crippen LogP contribution in [0.15, 0.2) is 91.0 Å². The maximum atomic E-state index is 2.68. The molecule has 268 valence electrons. The number of hydrogen-bond acceptors (Lipinski definition) is 1. The summed E-state index contributed by atoms with van der Waals surface area (Å²) >= 11 is 0. The first kappa shape index (κ1) is 37.9. The van der Waals surface area contributed by atoms with Crippen LogP contribution in [0.1, 0.15) is 162 Å². The molecule has 0 saturated carbocycles. The number of fused-ring (bicyclic) bond motifs is 3. The molecule has 0 spiro atoms. The summed E-state index contributed by atoms with van der Waals surface area (Å²) in [5.74, 6) is 0. The molecule has 50 heavy (non-hydrogen) atoms.